The number of aromatic amines is 1. The lowest BCUT2D eigenvalue weighted by atomic mass is 10.3. The number of fused-ring (bicyclic) bond motifs is 1. The number of benzene rings is 2. The summed E-state index contributed by atoms with van der Waals surface area (Å²) >= 11 is 0.898. The van der Waals surface area contributed by atoms with Gasteiger partial charge in [-0.2, -0.15) is 4.31 Å². The number of rotatable bonds is 8. The molecule has 0 bridgehead atoms. The van der Waals surface area contributed by atoms with Crippen LogP contribution in [0.25, 0.3) is 10.2 Å². The highest BCUT2D eigenvalue weighted by Gasteiger charge is 2.24. The van der Waals surface area contributed by atoms with Crippen LogP contribution in [0.1, 0.15) is 13.8 Å². The molecule has 1 heterocycles. The summed E-state index contributed by atoms with van der Waals surface area (Å²) in [6, 6.07) is 8.24. The third-order valence-corrected chi connectivity index (χ3v) is 8.72. The molecule has 0 aliphatic rings. The molecule has 162 valence electrons. The van der Waals surface area contributed by atoms with Crippen LogP contribution in [0.2, 0.25) is 0 Å². The highest BCUT2D eigenvalue weighted by Crippen LogP contribution is 2.31. The van der Waals surface area contributed by atoms with Gasteiger partial charge in [0.05, 0.1) is 32.8 Å². The molecule has 0 spiro atoms. The predicted octanol–water partition coefficient (Wildman–Crippen LogP) is 2.43. The molecule has 0 radical (unpaired) electrons. The van der Waals surface area contributed by atoms with Crippen molar-refractivity contribution in [2.24, 2.45) is 0 Å². The first kappa shape index (κ1) is 22.3. The molecular formula is C18H21N3O6S3. The summed E-state index contributed by atoms with van der Waals surface area (Å²) < 4.78 is 60.8. The fourth-order valence-electron chi connectivity index (χ4n) is 2.94. The minimum Gasteiger partial charge on any atom is -0.495 e. The average molecular weight is 472 g/mol. The van der Waals surface area contributed by atoms with Gasteiger partial charge in [0.25, 0.3) is 10.0 Å². The lowest BCUT2D eigenvalue weighted by Gasteiger charge is -2.20. The van der Waals surface area contributed by atoms with E-state index in [0.717, 1.165) is 11.3 Å². The second kappa shape index (κ2) is 8.38. The third-order valence-electron chi connectivity index (χ3n) is 4.46. The highest BCUT2D eigenvalue weighted by molar-refractivity contribution is 7.92. The monoisotopic (exact) mass is 471 g/mol. The van der Waals surface area contributed by atoms with Crippen LogP contribution in [-0.4, -0.2) is 46.3 Å². The topological polar surface area (TPSA) is 126 Å². The third kappa shape index (κ3) is 4.21. The summed E-state index contributed by atoms with van der Waals surface area (Å²) in [7, 11) is -6.50. The number of hydrogen-bond donors (Lipinski definition) is 2. The molecule has 0 aliphatic carbocycles. The van der Waals surface area contributed by atoms with Crippen molar-refractivity contribution < 1.29 is 21.6 Å². The van der Waals surface area contributed by atoms with Gasteiger partial charge in [-0.25, -0.2) is 16.8 Å². The number of methoxy groups -OCH3 is 1. The van der Waals surface area contributed by atoms with Crippen LogP contribution in [0.15, 0.2) is 51.0 Å². The number of hydrogen-bond acceptors (Lipinski definition) is 7. The number of anilines is 1. The lowest BCUT2D eigenvalue weighted by molar-refractivity contribution is 0.416. The highest BCUT2D eigenvalue weighted by atomic mass is 32.2. The standard InChI is InChI=1S/C18H21N3O6S3/c1-4-21(5-2)30(25,26)13-7-9-16(27-3)15(10-13)20-29(23,24)12-6-8-14-17(11-12)28-18(22)19-14/h6-11,20H,4-5H2,1-3H3,(H,19,22). The maximum atomic E-state index is 12.9. The molecule has 1 aromatic heterocycles. The normalized spacial score (nSPS) is 12.4. The SMILES string of the molecule is CCN(CC)S(=O)(=O)c1ccc(OC)c(NS(=O)(=O)c2ccc3[nH]c(=O)sc3c2)c1. The van der Waals surface area contributed by atoms with E-state index in [1.165, 1.54) is 47.8 Å². The molecule has 0 aliphatic heterocycles. The molecule has 2 aromatic carbocycles. The minimum absolute atomic E-state index is 0.00640. The van der Waals surface area contributed by atoms with Crippen LogP contribution in [0.3, 0.4) is 0 Å². The summed E-state index contributed by atoms with van der Waals surface area (Å²) in [5, 5.41) is 0. The Kier molecular flexibility index (Phi) is 6.22. The van der Waals surface area contributed by atoms with Crippen LogP contribution in [0.4, 0.5) is 5.69 Å². The molecule has 0 fully saturated rings. The van der Waals surface area contributed by atoms with E-state index < -0.39 is 20.0 Å². The molecule has 0 saturated heterocycles. The predicted molar refractivity (Wildman–Crippen MR) is 116 cm³/mol. The zero-order valence-corrected chi connectivity index (χ0v) is 18.9. The van der Waals surface area contributed by atoms with Gasteiger partial charge in [-0.05, 0) is 36.4 Å². The zero-order chi connectivity index (χ0) is 22.1. The Bertz CT molecular complexity index is 1340. The number of H-pyrrole nitrogens is 1. The van der Waals surface area contributed by atoms with Crippen molar-refractivity contribution in [3.63, 3.8) is 0 Å². The molecule has 3 aromatic rings. The Morgan fingerprint density at radius 3 is 2.33 bits per heavy atom. The summed E-state index contributed by atoms with van der Waals surface area (Å²) in [6.07, 6.45) is 0. The van der Waals surface area contributed by atoms with E-state index in [2.05, 4.69) is 9.71 Å². The molecule has 9 nitrogen and oxygen atoms in total. The molecule has 3 rings (SSSR count). The first-order chi connectivity index (χ1) is 14.1. The summed E-state index contributed by atoms with van der Waals surface area (Å²) in [5.74, 6) is 0.171. The smallest absolute Gasteiger partial charge is 0.305 e. The first-order valence-electron chi connectivity index (χ1n) is 8.96. The van der Waals surface area contributed by atoms with Crippen molar-refractivity contribution in [2.45, 2.75) is 23.6 Å². The van der Waals surface area contributed by atoms with E-state index >= 15 is 0 Å². The Labute approximate surface area is 178 Å². The maximum absolute atomic E-state index is 12.9. The van der Waals surface area contributed by atoms with E-state index in [9.17, 15) is 21.6 Å². The van der Waals surface area contributed by atoms with Gasteiger partial charge in [-0.1, -0.05) is 25.2 Å². The largest absolute Gasteiger partial charge is 0.495 e. The Hall–Kier alpha value is -2.41. The van der Waals surface area contributed by atoms with Crippen LogP contribution in [0, 0.1) is 0 Å². The quantitative estimate of drug-likeness (QED) is 0.520. The van der Waals surface area contributed by atoms with Gasteiger partial charge in [-0.15, -0.1) is 0 Å². The van der Waals surface area contributed by atoms with Crippen LogP contribution in [-0.2, 0) is 20.0 Å². The number of nitrogens with zero attached hydrogens (tertiary/aromatic N) is 1. The van der Waals surface area contributed by atoms with E-state index in [-0.39, 0.29) is 39.2 Å². The molecule has 2 N–H and O–H groups in total. The summed E-state index contributed by atoms with van der Waals surface area (Å²) in [5.41, 5.74) is 0.530. The van der Waals surface area contributed by atoms with Crippen molar-refractivity contribution in [2.75, 3.05) is 24.9 Å². The fraction of sp³-hybridized carbons (Fsp3) is 0.278. The van der Waals surface area contributed by atoms with Crippen LogP contribution >= 0.6 is 11.3 Å². The Morgan fingerprint density at radius 2 is 1.70 bits per heavy atom. The average Bonchev–Trinajstić information content (AvgIpc) is 3.07. The second-order valence-corrected chi connectivity index (χ2v) is 10.9. The van der Waals surface area contributed by atoms with Crippen LogP contribution in [0.5, 0.6) is 5.75 Å². The van der Waals surface area contributed by atoms with Gasteiger partial charge in [0, 0.05) is 13.1 Å². The van der Waals surface area contributed by atoms with Gasteiger partial charge >= 0.3 is 4.87 Å². The lowest BCUT2D eigenvalue weighted by Crippen LogP contribution is -2.30. The number of nitrogens with one attached hydrogen (secondary N) is 2. The van der Waals surface area contributed by atoms with Gasteiger partial charge in [-0.3, -0.25) is 9.52 Å². The van der Waals surface area contributed by atoms with Gasteiger partial charge in [0.1, 0.15) is 5.75 Å². The molecular weight excluding hydrogens is 450 g/mol. The van der Waals surface area contributed by atoms with Gasteiger partial charge in [0.15, 0.2) is 0 Å². The minimum atomic E-state index is -4.07. The summed E-state index contributed by atoms with van der Waals surface area (Å²) in [4.78, 5) is 13.7. The van der Waals surface area contributed by atoms with Crippen molar-refractivity contribution in [1.29, 1.82) is 0 Å². The van der Waals surface area contributed by atoms with Crippen molar-refractivity contribution in [3.8, 4) is 5.75 Å². The van der Waals surface area contributed by atoms with Gasteiger partial charge in [0.2, 0.25) is 10.0 Å². The van der Waals surface area contributed by atoms with Crippen molar-refractivity contribution in [3.05, 3.63) is 46.1 Å². The molecule has 12 heteroatoms. The number of sulfonamides is 2. The fourth-order valence-corrected chi connectivity index (χ4v) is 6.36. The van der Waals surface area contributed by atoms with E-state index in [0.29, 0.717) is 10.2 Å². The van der Waals surface area contributed by atoms with E-state index in [1.807, 2.05) is 0 Å². The van der Waals surface area contributed by atoms with E-state index in [4.69, 9.17) is 4.74 Å². The van der Waals surface area contributed by atoms with Gasteiger partial charge < -0.3 is 9.72 Å². The molecule has 0 unspecified atom stereocenters. The maximum Gasteiger partial charge on any atom is 0.305 e. The second-order valence-electron chi connectivity index (χ2n) is 6.23. The Balaban J connectivity index is 2.04. The molecule has 0 atom stereocenters. The molecule has 30 heavy (non-hydrogen) atoms. The van der Waals surface area contributed by atoms with Crippen molar-refractivity contribution in [1.82, 2.24) is 9.29 Å². The number of thiazole rings is 1. The van der Waals surface area contributed by atoms with E-state index in [1.54, 1.807) is 13.8 Å². The number of ether oxygens (including phenoxy) is 1. The van der Waals surface area contributed by atoms with Crippen LogP contribution < -0.4 is 14.3 Å². The number of aromatic nitrogens is 1. The first-order valence-corrected chi connectivity index (χ1v) is 12.7. The Morgan fingerprint density at radius 1 is 1.03 bits per heavy atom. The summed E-state index contributed by atoms with van der Waals surface area (Å²) in [6.45, 7) is 4.01. The molecule has 0 amide bonds. The zero-order valence-electron chi connectivity index (χ0n) is 16.5. The van der Waals surface area contributed by atoms with Crippen molar-refractivity contribution >= 4 is 47.3 Å². The molecule has 0 saturated carbocycles.